The molecule has 0 amide bonds. The van der Waals surface area contributed by atoms with E-state index < -0.39 is 0 Å². The highest BCUT2D eigenvalue weighted by atomic mass is 16.5. The van der Waals surface area contributed by atoms with E-state index >= 15 is 0 Å². The van der Waals surface area contributed by atoms with Crippen molar-refractivity contribution in [1.29, 1.82) is 0 Å². The van der Waals surface area contributed by atoms with Crippen LogP contribution in [0.4, 0.5) is 5.69 Å². The molecule has 1 aliphatic rings. The molecule has 6 nitrogen and oxygen atoms in total. The van der Waals surface area contributed by atoms with Crippen molar-refractivity contribution in [3.63, 3.8) is 0 Å². The van der Waals surface area contributed by atoms with Gasteiger partial charge in [-0.2, -0.15) is 0 Å². The number of piperazine rings is 1. The van der Waals surface area contributed by atoms with Gasteiger partial charge in [-0.1, -0.05) is 78.9 Å². The number of carbonyl (C=O) groups excluding carboxylic acids is 1. The molecular weight excluding hydrogens is 496 g/mol. The van der Waals surface area contributed by atoms with E-state index in [0.29, 0.717) is 6.61 Å². The molecule has 6 rings (SSSR count). The van der Waals surface area contributed by atoms with Gasteiger partial charge in [-0.05, 0) is 41.5 Å². The normalized spacial score (nSPS) is 14.8. The van der Waals surface area contributed by atoms with Gasteiger partial charge < -0.3 is 19.0 Å². The summed E-state index contributed by atoms with van der Waals surface area (Å²) in [5, 5.41) is 0. The SMILES string of the molecule is O=CC(c1ccccc1)N1CCN(c2ccc3nc(CCOc4ccccc4)n(Cc4ccccc4)c3c2)CC1. The summed E-state index contributed by atoms with van der Waals surface area (Å²) in [6.45, 7) is 4.73. The zero-order chi connectivity index (χ0) is 27.1. The number of rotatable bonds is 10. The number of anilines is 1. The minimum Gasteiger partial charge on any atom is -0.493 e. The van der Waals surface area contributed by atoms with E-state index in [1.54, 1.807) is 0 Å². The van der Waals surface area contributed by atoms with Crippen molar-refractivity contribution in [3.05, 3.63) is 126 Å². The molecule has 0 aliphatic carbocycles. The van der Waals surface area contributed by atoms with Crippen LogP contribution in [0.3, 0.4) is 0 Å². The molecule has 1 aliphatic heterocycles. The van der Waals surface area contributed by atoms with Crippen LogP contribution in [0.15, 0.2) is 109 Å². The zero-order valence-electron chi connectivity index (χ0n) is 22.6. The average molecular weight is 531 g/mol. The molecule has 1 saturated heterocycles. The van der Waals surface area contributed by atoms with Crippen molar-refractivity contribution in [3.8, 4) is 5.75 Å². The summed E-state index contributed by atoms with van der Waals surface area (Å²) in [4.78, 5) is 21.7. The summed E-state index contributed by atoms with van der Waals surface area (Å²) in [6, 6.07) is 36.9. The Bertz CT molecular complexity index is 1530. The number of ether oxygens (including phenoxy) is 1. The monoisotopic (exact) mass is 530 g/mol. The van der Waals surface area contributed by atoms with Crippen LogP contribution in [0.2, 0.25) is 0 Å². The van der Waals surface area contributed by atoms with Crippen LogP contribution in [0, 0.1) is 0 Å². The predicted octanol–water partition coefficient (Wildman–Crippen LogP) is 5.77. The van der Waals surface area contributed by atoms with E-state index in [4.69, 9.17) is 9.72 Å². The van der Waals surface area contributed by atoms with E-state index in [2.05, 4.69) is 62.9 Å². The summed E-state index contributed by atoms with van der Waals surface area (Å²) in [7, 11) is 0. The second-order valence-electron chi connectivity index (χ2n) is 10.2. The summed E-state index contributed by atoms with van der Waals surface area (Å²) in [5.74, 6) is 1.90. The molecule has 6 heteroatoms. The van der Waals surface area contributed by atoms with Gasteiger partial charge in [0.05, 0.1) is 23.7 Å². The van der Waals surface area contributed by atoms with Gasteiger partial charge in [0.15, 0.2) is 0 Å². The number of fused-ring (bicyclic) bond motifs is 1. The fourth-order valence-corrected chi connectivity index (χ4v) is 5.55. The van der Waals surface area contributed by atoms with Crippen molar-refractivity contribution >= 4 is 23.0 Å². The topological polar surface area (TPSA) is 50.6 Å². The number of benzene rings is 4. The molecule has 0 spiro atoms. The first kappa shape index (κ1) is 25.8. The molecule has 0 N–H and O–H groups in total. The van der Waals surface area contributed by atoms with E-state index in [1.807, 2.05) is 60.7 Å². The van der Waals surface area contributed by atoms with Crippen molar-refractivity contribution < 1.29 is 9.53 Å². The maximum atomic E-state index is 12.0. The molecule has 1 unspecified atom stereocenters. The largest absolute Gasteiger partial charge is 0.493 e. The standard InChI is InChI=1S/C34H34N4O2/c39-26-33(28-12-6-2-7-13-28)37-21-19-36(20-22-37)29-16-17-31-32(24-29)38(25-27-10-4-1-5-11-27)34(35-31)18-23-40-30-14-8-3-9-15-30/h1-17,24,26,33H,18-23,25H2. The first-order chi connectivity index (χ1) is 19.8. The highest BCUT2D eigenvalue weighted by Gasteiger charge is 2.25. The Morgan fingerprint density at radius 2 is 1.48 bits per heavy atom. The van der Waals surface area contributed by atoms with Gasteiger partial charge in [-0.3, -0.25) is 4.90 Å². The third-order valence-electron chi connectivity index (χ3n) is 7.67. The minimum atomic E-state index is -0.196. The Morgan fingerprint density at radius 3 is 2.17 bits per heavy atom. The van der Waals surface area contributed by atoms with Crippen LogP contribution in [0.5, 0.6) is 5.75 Å². The Balaban J connectivity index is 1.22. The Labute approximate surface area is 235 Å². The van der Waals surface area contributed by atoms with Crippen molar-refractivity contribution in [2.24, 2.45) is 0 Å². The van der Waals surface area contributed by atoms with Gasteiger partial charge in [0.25, 0.3) is 0 Å². The second-order valence-corrected chi connectivity index (χ2v) is 10.2. The first-order valence-electron chi connectivity index (χ1n) is 14.0. The van der Waals surface area contributed by atoms with Gasteiger partial charge in [-0.25, -0.2) is 4.98 Å². The lowest BCUT2D eigenvalue weighted by Gasteiger charge is -2.38. The molecule has 0 saturated carbocycles. The molecule has 202 valence electrons. The van der Waals surface area contributed by atoms with Crippen molar-refractivity contribution in [2.45, 2.75) is 19.0 Å². The molecule has 0 radical (unpaired) electrons. The molecule has 1 aromatic heterocycles. The van der Waals surface area contributed by atoms with Gasteiger partial charge >= 0.3 is 0 Å². The second kappa shape index (κ2) is 12.2. The van der Waals surface area contributed by atoms with E-state index in [-0.39, 0.29) is 6.04 Å². The number of nitrogens with zero attached hydrogens (tertiary/aromatic N) is 4. The lowest BCUT2D eigenvalue weighted by atomic mass is 10.1. The molecule has 1 fully saturated rings. The number of aromatic nitrogens is 2. The lowest BCUT2D eigenvalue weighted by Crippen LogP contribution is -2.48. The van der Waals surface area contributed by atoms with E-state index in [1.165, 1.54) is 11.3 Å². The zero-order valence-corrected chi connectivity index (χ0v) is 22.6. The molecule has 2 heterocycles. The first-order valence-corrected chi connectivity index (χ1v) is 14.0. The summed E-state index contributed by atoms with van der Waals surface area (Å²) >= 11 is 0. The minimum absolute atomic E-state index is 0.196. The van der Waals surface area contributed by atoms with Crippen LogP contribution < -0.4 is 9.64 Å². The number of imidazole rings is 1. The van der Waals surface area contributed by atoms with Crippen LogP contribution in [0.1, 0.15) is 23.0 Å². The lowest BCUT2D eigenvalue weighted by molar-refractivity contribution is -0.112. The van der Waals surface area contributed by atoms with Crippen LogP contribution in [-0.2, 0) is 17.8 Å². The molecular formula is C34H34N4O2. The Morgan fingerprint density at radius 1 is 0.800 bits per heavy atom. The van der Waals surface area contributed by atoms with E-state index in [0.717, 1.165) is 73.6 Å². The van der Waals surface area contributed by atoms with Crippen molar-refractivity contribution in [1.82, 2.24) is 14.5 Å². The number of carbonyl (C=O) groups is 1. The van der Waals surface area contributed by atoms with Gasteiger partial charge in [-0.15, -0.1) is 0 Å². The number of hydrogen-bond donors (Lipinski definition) is 0. The quantitative estimate of drug-likeness (QED) is 0.215. The van der Waals surface area contributed by atoms with E-state index in [9.17, 15) is 4.79 Å². The number of para-hydroxylation sites is 1. The van der Waals surface area contributed by atoms with Crippen LogP contribution in [-0.4, -0.2) is 53.5 Å². The highest BCUT2D eigenvalue weighted by molar-refractivity contribution is 5.81. The summed E-state index contributed by atoms with van der Waals surface area (Å²) in [5.41, 5.74) is 5.62. The molecule has 1 atom stereocenters. The maximum absolute atomic E-state index is 12.0. The molecule has 40 heavy (non-hydrogen) atoms. The number of aldehydes is 1. The smallest absolute Gasteiger partial charge is 0.141 e. The maximum Gasteiger partial charge on any atom is 0.141 e. The Kier molecular flexibility index (Phi) is 7.87. The van der Waals surface area contributed by atoms with Gasteiger partial charge in [0.1, 0.15) is 17.9 Å². The Hall–Kier alpha value is -4.42. The molecule has 0 bridgehead atoms. The number of hydrogen-bond acceptors (Lipinski definition) is 5. The third kappa shape index (κ3) is 5.77. The van der Waals surface area contributed by atoms with Crippen molar-refractivity contribution in [2.75, 3.05) is 37.7 Å². The molecule has 5 aromatic rings. The van der Waals surface area contributed by atoms with Gasteiger partial charge in [0, 0.05) is 44.8 Å². The summed E-state index contributed by atoms with van der Waals surface area (Å²) in [6.07, 6.45) is 1.79. The fraction of sp³-hybridized carbons (Fsp3) is 0.235. The summed E-state index contributed by atoms with van der Waals surface area (Å²) < 4.78 is 8.34. The van der Waals surface area contributed by atoms with Crippen LogP contribution >= 0.6 is 0 Å². The van der Waals surface area contributed by atoms with Crippen LogP contribution in [0.25, 0.3) is 11.0 Å². The fourth-order valence-electron chi connectivity index (χ4n) is 5.55. The predicted molar refractivity (Wildman–Crippen MR) is 160 cm³/mol. The van der Waals surface area contributed by atoms with Gasteiger partial charge in [0.2, 0.25) is 0 Å². The average Bonchev–Trinajstić information content (AvgIpc) is 3.35. The highest BCUT2D eigenvalue weighted by Crippen LogP contribution is 2.27. The molecule has 4 aromatic carbocycles. The third-order valence-corrected chi connectivity index (χ3v) is 7.67.